The van der Waals surface area contributed by atoms with Crippen LogP contribution in [-0.4, -0.2) is 27.2 Å². The highest BCUT2D eigenvalue weighted by molar-refractivity contribution is 5.83. The summed E-state index contributed by atoms with van der Waals surface area (Å²) in [5, 5.41) is 19.3. The number of nitrogens with one attached hydrogen (secondary N) is 3. The maximum absolute atomic E-state index is 11.7. The van der Waals surface area contributed by atoms with Crippen molar-refractivity contribution in [2.75, 3.05) is 0 Å². The van der Waals surface area contributed by atoms with Crippen molar-refractivity contribution in [3.63, 3.8) is 0 Å². The van der Waals surface area contributed by atoms with E-state index < -0.39 is 10.8 Å². The largest absolute Gasteiger partial charge is 0.302 e. The number of hydrogen-bond acceptors (Lipinski definition) is 5. The normalized spacial score (nSPS) is 10.8. The van der Waals surface area contributed by atoms with Gasteiger partial charge in [-0.3, -0.25) is 24.8 Å². The van der Waals surface area contributed by atoms with Crippen LogP contribution >= 0.6 is 0 Å². The van der Waals surface area contributed by atoms with E-state index in [-0.39, 0.29) is 17.7 Å². The van der Waals surface area contributed by atoms with E-state index in [1.165, 1.54) is 24.4 Å². The second-order valence-corrected chi connectivity index (χ2v) is 4.50. The number of amides is 1. The van der Waals surface area contributed by atoms with Crippen LogP contribution in [0.25, 0.3) is 0 Å². The first kappa shape index (κ1) is 15.2. The second kappa shape index (κ2) is 6.48. The molecule has 0 bridgehead atoms. The highest BCUT2D eigenvalue weighted by atomic mass is 16.6. The summed E-state index contributed by atoms with van der Waals surface area (Å²) in [6.45, 7) is 1.67. The van der Waals surface area contributed by atoms with Crippen LogP contribution in [0.2, 0.25) is 0 Å². The minimum Gasteiger partial charge on any atom is -0.302 e. The Bertz CT molecular complexity index is 790. The van der Waals surface area contributed by atoms with E-state index in [0.717, 1.165) is 0 Å². The molecule has 1 aromatic carbocycles. The molecule has 0 fully saturated rings. The summed E-state index contributed by atoms with van der Waals surface area (Å²) in [7, 11) is 0. The second-order valence-electron chi connectivity index (χ2n) is 4.50. The van der Waals surface area contributed by atoms with Gasteiger partial charge in [-0.1, -0.05) is 12.1 Å². The number of nitrogens with zero attached hydrogens (tertiary/aromatic N) is 2. The number of rotatable bonds is 5. The molecule has 1 heterocycles. The lowest BCUT2D eigenvalue weighted by molar-refractivity contribution is -0.384. The molecule has 0 spiro atoms. The third-order valence-corrected chi connectivity index (χ3v) is 2.91. The van der Waals surface area contributed by atoms with Crippen LogP contribution in [0.5, 0.6) is 0 Å². The predicted molar refractivity (Wildman–Crippen MR) is 78.7 cm³/mol. The van der Waals surface area contributed by atoms with Gasteiger partial charge in [0, 0.05) is 29.0 Å². The molecule has 1 amide bonds. The first-order chi connectivity index (χ1) is 10.5. The monoisotopic (exact) mass is 303 g/mol. The summed E-state index contributed by atoms with van der Waals surface area (Å²) >= 11 is 0. The van der Waals surface area contributed by atoms with Gasteiger partial charge in [0.25, 0.3) is 11.2 Å². The Morgan fingerprint density at radius 2 is 2.23 bits per heavy atom. The first-order valence-corrected chi connectivity index (χ1v) is 6.30. The van der Waals surface area contributed by atoms with Crippen LogP contribution in [-0.2, 0) is 11.2 Å². The van der Waals surface area contributed by atoms with Crippen LogP contribution in [0.4, 0.5) is 5.69 Å². The van der Waals surface area contributed by atoms with Crippen molar-refractivity contribution in [3.05, 3.63) is 61.6 Å². The molecular weight excluding hydrogens is 290 g/mol. The SMILES string of the molecule is Cc1[nH][nH]c(=O)c1CC(=O)NN=Cc1cccc([N+](=O)[O-])c1. The topological polar surface area (TPSA) is 133 Å². The molecular formula is C13H13N5O4. The third kappa shape index (κ3) is 3.66. The van der Waals surface area contributed by atoms with E-state index in [2.05, 4.69) is 20.7 Å². The summed E-state index contributed by atoms with van der Waals surface area (Å²) in [4.78, 5) is 33.2. The van der Waals surface area contributed by atoms with Crippen LogP contribution in [0.3, 0.4) is 0 Å². The smallest absolute Gasteiger partial charge is 0.270 e. The quantitative estimate of drug-likeness (QED) is 0.424. The van der Waals surface area contributed by atoms with Gasteiger partial charge >= 0.3 is 0 Å². The van der Waals surface area contributed by atoms with Crippen molar-refractivity contribution in [2.24, 2.45) is 5.10 Å². The number of aromatic amines is 2. The molecule has 0 saturated heterocycles. The first-order valence-electron chi connectivity index (χ1n) is 6.30. The van der Waals surface area contributed by atoms with Crippen molar-refractivity contribution in [2.45, 2.75) is 13.3 Å². The number of hydrazone groups is 1. The Balaban J connectivity index is 1.98. The predicted octanol–water partition coefficient (Wildman–Crippen LogP) is 0.612. The molecule has 1 aromatic heterocycles. The van der Waals surface area contributed by atoms with Crippen LogP contribution in [0.15, 0.2) is 34.2 Å². The number of H-pyrrole nitrogens is 2. The minimum atomic E-state index is -0.517. The van der Waals surface area contributed by atoms with Crippen LogP contribution < -0.4 is 11.0 Å². The van der Waals surface area contributed by atoms with Crippen molar-refractivity contribution >= 4 is 17.8 Å². The minimum absolute atomic E-state index is 0.0650. The van der Waals surface area contributed by atoms with Crippen LogP contribution in [0, 0.1) is 17.0 Å². The van der Waals surface area contributed by atoms with Gasteiger partial charge in [0.15, 0.2) is 0 Å². The van der Waals surface area contributed by atoms with E-state index in [9.17, 15) is 19.7 Å². The van der Waals surface area contributed by atoms with Crippen molar-refractivity contribution in [1.29, 1.82) is 0 Å². The fourth-order valence-electron chi connectivity index (χ4n) is 1.78. The molecule has 0 radical (unpaired) electrons. The fraction of sp³-hybridized carbons (Fsp3) is 0.154. The molecule has 9 nitrogen and oxygen atoms in total. The Hall–Kier alpha value is -3.23. The average Bonchev–Trinajstić information content (AvgIpc) is 2.79. The van der Waals surface area contributed by atoms with Crippen molar-refractivity contribution < 1.29 is 9.72 Å². The average molecular weight is 303 g/mol. The number of aryl methyl sites for hydroxylation is 1. The van der Waals surface area contributed by atoms with E-state index >= 15 is 0 Å². The summed E-state index contributed by atoms with van der Waals surface area (Å²) in [6, 6.07) is 5.82. The van der Waals surface area contributed by atoms with Crippen LogP contribution in [0.1, 0.15) is 16.8 Å². The number of carbonyl (C=O) groups excluding carboxylic acids is 1. The molecule has 0 aliphatic rings. The maximum atomic E-state index is 11.7. The number of carbonyl (C=O) groups is 1. The molecule has 0 unspecified atom stereocenters. The Kier molecular flexibility index (Phi) is 4.47. The lowest BCUT2D eigenvalue weighted by Gasteiger charge is -1.98. The van der Waals surface area contributed by atoms with Gasteiger partial charge in [-0.05, 0) is 6.92 Å². The molecule has 9 heteroatoms. The molecule has 2 rings (SSSR count). The summed E-state index contributed by atoms with van der Waals surface area (Å²) < 4.78 is 0. The van der Waals surface area contributed by atoms with Gasteiger partial charge in [-0.2, -0.15) is 5.10 Å². The maximum Gasteiger partial charge on any atom is 0.270 e. The standard InChI is InChI=1S/C13H13N5O4/c1-8-11(13(20)17-15-8)6-12(19)16-14-7-9-3-2-4-10(5-9)18(21)22/h2-5,7H,6H2,1H3,(H,16,19)(H2,15,17,20). The summed E-state index contributed by atoms with van der Waals surface area (Å²) in [5.74, 6) is -0.463. The van der Waals surface area contributed by atoms with Gasteiger partial charge < -0.3 is 5.10 Å². The zero-order chi connectivity index (χ0) is 16.1. The number of non-ortho nitro benzene ring substituents is 1. The molecule has 0 aliphatic carbocycles. The molecule has 3 N–H and O–H groups in total. The molecule has 22 heavy (non-hydrogen) atoms. The summed E-state index contributed by atoms with van der Waals surface area (Å²) in [6.07, 6.45) is 1.18. The van der Waals surface area contributed by atoms with Crippen molar-refractivity contribution in [1.82, 2.24) is 15.6 Å². The Labute approximate surface area is 124 Å². The fourth-order valence-corrected chi connectivity index (χ4v) is 1.78. The van der Waals surface area contributed by atoms with Gasteiger partial charge in [-0.25, -0.2) is 5.43 Å². The Morgan fingerprint density at radius 3 is 2.86 bits per heavy atom. The lowest BCUT2D eigenvalue weighted by atomic mass is 10.2. The zero-order valence-electron chi connectivity index (χ0n) is 11.6. The summed E-state index contributed by atoms with van der Waals surface area (Å²) in [5.41, 5.74) is 3.25. The van der Waals surface area contributed by atoms with Gasteiger partial charge in [0.1, 0.15) is 0 Å². The number of benzene rings is 1. The highest BCUT2D eigenvalue weighted by Crippen LogP contribution is 2.11. The van der Waals surface area contributed by atoms with Gasteiger partial charge in [0.2, 0.25) is 5.91 Å². The zero-order valence-corrected chi connectivity index (χ0v) is 11.6. The lowest BCUT2D eigenvalue weighted by Crippen LogP contribution is -2.23. The van der Waals surface area contributed by atoms with E-state index in [1.807, 2.05) is 0 Å². The van der Waals surface area contributed by atoms with Gasteiger partial charge in [0.05, 0.1) is 17.6 Å². The van der Waals surface area contributed by atoms with E-state index in [4.69, 9.17) is 0 Å². The third-order valence-electron chi connectivity index (χ3n) is 2.91. The number of nitro benzene ring substituents is 1. The van der Waals surface area contributed by atoms with Crippen molar-refractivity contribution in [3.8, 4) is 0 Å². The molecule has 0 atom stereocenters. The number of hydrogen-bond donors (Lipinski definition) is 3. The molecule has 0 aliphatic heterocycles. The number of nitro groups is 1. The van der Waals surface area contributed by atoms with E-state index in [0.29, 0.717) is 16.8 Å². The molecule has 114 valence electrons. The Morgan fingerprint density at radius 1 is 1.45 bits per heavy atom. The molecule has 0 saturated carbocycles. The van der Waals surface area contributed by atoms with E-state index in [1.54, 1.807) is 13.0 Å². The molecule has 2 aromatic rings. The van der Waals surface area contributed by atoms with Gasteiger partial charge in [-0.15, -0.1) is 0 Å². The highest BCUT2D eigenvalue weighted by Gasteiger charge is 2.10. The number of aromatic nitrogens is 2.